The molecule has 0 heterocycles. The average molecular weight is 279 g/mol. The Morgan fingerprint density at radius 3 is 2.15 bits per heavy atom. The molecule has 20 heavy (non-hydrogen) atoms. The minimum atomic E-state index is -2.15. The van der Waals surface area contributed by atoms with E-state index in [-0.39, 0.29) is 6.42 Å². The van der Waals surface area contributed by atoms with Gasteiger partial charge in [-0.05, 0) is 12.5 Å². The lowest BCUT2D eigenvalue weighted by molar-refractivity contribution is -0.164. The smallest absolute Gasteiger partial charge is 0.327 e. The van der Waals surface area contributed by atoms with Crippen molar-refractivity contribution in [2.75, 3.05) is 0 Å². The van der Waals surface area contributed by atoms with Crippen LogP contribution in [0, 0.1) is 5.92 Å². The van der Waals surface area contributed by atoms with E-state index in [4.69, 9.17) is 5.73 Å². The third kappa shape index (κ3) is 2.89. The maximum atomic E-state index is 12.1. The summed E-state index contributed by atoms with van der Waals surface area (Å²) < 4.78 is 0. The van der Waals surface area contributed by atoms with Crippen molar-refractivity contribution >= 4 is 11.8 Å². The normalized spacial score (nSPS) is 17.3. The first kappa shape index (κ1) is 16.3. The van der Waals surface area contributed by atoms with Crippen molar-refractivity contribution < 1.29 is 19.8 Å². The van der Waals surface area contributed by atoms with E-state index in [2.05, 4.69) is 0 Å². The van der Waals surface area contributed by atoms with Gasteiger partial charge in [0.15, 0.2) is 11.3 Å². The fourth-order valence-corrected chi connectivity index (χ4v) is 2.16. The monoisotopic (exact) mass is 279 g/mol. The van der Waals surface area contributed by atoms with Crippen molar-refractivity contribution in [3.05, 3.63) is 35.9 Å². The topological polar surface area (TPSA) is 101 Å². The van der Waals surface area contributed by atoms with Gasteiger partial charge >= 0.3 is 5.97 Å². The molecule has 0 saturated heterocycles. The van der Waals surface area contributed by atoms with Gasteiger partial charge in [-0.3, -0.25) is 9.59 Å². The van der Waals surface area contributed by atoms with Crippen molar-refractivity contribution in [3.63, 3.8) is 0 Å². The molecular formula is C15H21NO4. The Morgan fingerprint density at radius 2 is 1.75 bits per heavy atom. The van der Waals surface area contributed by atoms with E-state index in [1.54, 1.807) is 44.2 Å². The molecule has 0 aromatic heterocycles. The molecule has 0 radical (unpaired) electrons. The zero-order valence-electron chi connectivity index (χ0n) is 12.0. The number of benzene rings is 1. The minimum absolute atomic E-state index is 0.130. The fraction of sp³-hybridized carbons (Fsp3) is 0.467. The van der Waals surface area contributed by atoms with Gasteiger partial charge in [-0.15, -0.1) is 0 Å². The van der Waals surface area contributed by atoms with Gasteiger partial charge in [0.05, 0.1) is 0 Å². The van der Waals surface area contributed by atoms with Gasteiger partial charge in [0, 0.05) is 12.3 Å². The molecule has 1 rings (SSSR count). The molecule has 110 valence electrons. The second kappa shape index (κ2) is 5.73. The molecule has 0 aliphatic heterocycles. The van der Waals surface area contributed by atoms with E-state index in [0.29, 0.717) is 5.56 Å². The third-order valence-corrected chi connectivity index (χ3v) is 3.58. The Balaban J connectivity index is 3.22. The highest BCUT2D eigenvalue weighted by molar-refractivity contribution is 5.97. The number of aliphatic hydroxyl groups is 1. The molecule has 0 aliphatic rings. The zero-order chi connectivity index (χ0) is 15.6. The first-order valence-corrected chi connectivity index (χ1v) is 6.46. The molecule has 0 amide bonds. The van der Waals surface area contributed by atoms with Gasteiger partial charge in [-0.25, -0.2) is 0 Å². The molecule has 5 heteroatoms. The van der Waals surface area contributed by atoms with Crippen LogP contribution in [-0.4, -0.2) is 33.1 Å². The number of carboxylic acids is 1. The van der Waals surface area contributed by atoms with Crippen LogP contribution in [0.3, 0.4) is 0 Å². The summed E-state index contributed by atoms with van der Waals surface area (Å²) >= 11 is 0. The maximum absolute atomic E-state index is 12.1. The molecule has 0 bridgehead atoms. The standard InChI is InChI=1S/C15H21NO4/c1-10(2)12(17)14(3,20)15(16,13(18)19)9-11-7-5-4-6-8-11/h4-8,10,20H,9,16H2,1-3H3,(H,18,19). The Hall–Kier alpha value is -1.72. The molecule has 2 atom stereocenters. The van der Waals surface area contributed by atoms with Crippen LogP contribution >= 0.6 is 0 Å². The first-order valence-electron chi connectivity index (χ1n) is 6.46. The van der Waals surface area contributed by atoms with Gasteiger partial charge < -0.3 is 15.9 Å². The zero-order valence-corrected chi connectivity index (χ0v) is 12.0. The summed E-state index contributed by atoms with van der Waals surface area (Å²) in [5.74, 6) is -2.50. The highest BCUT2D eigenvalue weighted by Crippen LogP contribution is 2.28. The van der Waals surface area contributed by atoms with Crippen LogP contribution in [0.15, 0.2) is 30.3 Å². The van der Waals surface area contributed by atoms with Crippen LogP contribution in [0.2, 0.25) is 0 Å². The van der Waals surface area contributed by atoms with Gasteiger partial charge in [0.2, 0.25) is 0 Å². The molecule has 0 fully saturated rings. The highest BCUT2D eigenvalue weighted by Gasteiger charge is 2.55. The number of carbonyl (C=O) groups excluding carboxylic acids is 1. The number of ketones is 1. The Morgan fingerprint density at radius 1 is 1.25 bits per heavy atom. The Kier molecular flexibility index (Phi) is 4.68. The lowest BCUT2D eigenvalue weighted by Gasteiger charge is -2.38. The summed E-state index contributed by atoms with van der Waals surface area (Å²) in [5.41, 5.74) is 2.34. The van der Waals surface area contributed by atoms with Crippen molar-refractivity contribution in [2.24, 2.45) is 11.7 Å². The predicted molar refractivity (Wildman–Crippen MR) is 75.2 cm³/mol. The van der Waals surface area contributed by atoms with Gasteiger partial charge in [-0.2, -0.15) is 0 Å². The summed E-state index contributed by atoms with van der Waals surface area (Å²) in [6.07, 6.45) is -0.130. The molecule has 1 aromatic carbocycles. The van der Waals surface area contributed by atoms with Gasteiger partial charge in [-0.1, -0.05) is 44.2 Å². The lowest BCUT2D eigenvalue weighted by atomic mass is 9.72. The third-order valence-electron chi connectivity index (χ3n) is 3.58. The van der Waals surface area contributed by atoms with Crippen molar-refractivity contribution in [3.8, 4) is 0 Å². The van der Waals surface area contributed by atoms with E-state index < -0.39 is 28.8 Å². The Labute approximate surface area is 118 Å². The van der Waals surface area contributed by atoms with Crippen LogP contribution in [0.4, 0.5) is 0 Å². The van der Waals surface area contributed by atoms with E-state index in [1.165, 1.54) is 6.92 Å². The molecule has 0 aliphatic carbocycles. The summed E-state index contributed by atoms with van der Waals surface area (Å²) in [7, 11) is 0. The first-order chi connectivity index (χ1) is 9.13. The molecule has 0 saturated carbocycles. The molecule has 1 aromatic rings. The summed E-state index contributed by atoms with van der Waals surface area (Å²) in [4.78, 5) is 23.7. The number of hydrogen-bond acceptors (Lipinski definition) is 4. The molecule has 4 N–H and O–H groups in total. The minimum Gasteiger partial charge on any atom is -0.480 e. The van der Waals surface area contributed by atoms with Crippen molar-refractivity contribution in [2.45, 2.75) is 38.3 Å². The second-order valence-electron chi connectivity index (χ2n) is 5.53. The quantitative estimate of drug-likeness (QED) is 0.721. The van der Waals surface area contributed by atoms with Crippen molar-refractivity contribution in [1.29, 1.82) is 0 Å². The second-order valence-corrected chi connectivity index (χ2v) is 5.53. The number of carbonyl (C=O) groups is 2. The summed E-state index contributed by atoms with van der Waals surface area (Å²) in [5, 5.41) is 19.9. The van der Waals surface area contributed by atoms with Crippen LogP contribution in [-0.2, 0) is 16.0 Å². The average Bonchev–Trinajstić information content (AvgIpc) is 2.38. The fourth-order valence-electron chi connectivity index (χ4n) is 2.16. The predicted octanol–water partition coefficient (Wildman–Crippen LogP) is 0.987. The van der Waals surface area contributed by atoms with Gasteiger partial charge in [0.25, 0.3) is 0 Å². The van der Waals surface area contributed by atoms with Gasteiger partial charge in [0.1, 0.15) is 5.60 Å². The van der Waals surface area contributed by atoms with E-state index in [1.807, 2.05) is 0 Å². The molecule has 5 nitrogen and oxygen atoms in total. The van der Waals surface area contributed by atoms with Crippen LogP contribution < -0.4 is 5.73 Å². The Bertz CT molecular complexity index is 496. The number of carboxylic acid groups (broad SMARTS) is 1. The SMILES string of the molecule is CC(C)C(=O)C(C)(O)C(N)(Cc1ccccc1)C(=O)O. The molecular weight excluding hydrogens is 258 g/mol. The van der Waals surface area contributed by atoms with Crippen LogP contribution in [0.25, 0.3) is 0 Å². The van der Waals surface area contributed by atoms with E-state index >= 15 is 0 Å². The number of rotatable bonds is 6. The number of nitrogens with two attached hydrogens (primary N) is 1. The van der Waals surface area contributed by atoms with Crippen LogP contribution in [0.5, 0.6) is 0 Å². The highest BCUT2D eigenvalue weighted by atomic mass is 16.4. The summed E-state index contributed by atoms with van der Waals surface area (Å²) in [6, 6.07) is 8.70. The number of aliphatic carboxylic acids is 1. The van der Waals surface area contributed by atoms with E-state index in [9.17, 15) is 19.8 Å². The maximum Gasteiger partial charge on any atom is 0.327 e. The van der Waals surface area contributed by atoms with Crippen LogP contribution in [0.1, 0.15) is 26.3 Å². The van der Waals surface area contributed by atoms with Crippen molar-refractivity contribution in [1.82, 2.24) is 0 Å². The van der Waals surface area contributed by atoms with E-state index in [0.717, 1.165) is 0 Å². The molecule has 0 spiro atoms. The summed E-state index contributed by atoms with van der Waals surface area (Å²) in [6.45, 7) is 4.37. The largest absolute Gasteiger partial charge is 0.480 e. The number of hydrogen-bond donors (Lipinski definition) is 3. The number of Topliss-reactive ketones (excluding diaryl/α,β-unsaturated/α-hetero) is 1. The molecule has 2 unspecified atom stereocenters. The lowest BCUT2D eigenvalue weighted by Crippen LogP contribution is -2.69.